The van der Waals surface area contributed by atoms with Crippen LogP contribution in [0.1, 0.15) is 35.7 Å². The van der Waals surface area contributed by atoms with Crippen molar-refractivity contribution in [1.29, 1.82) is 0 Å². The minimum Gasteiger partial charge on any atom is -0.353 e. The van der Waals surface area contributed by atoms with Crippen molar-refractivity contribution in [2.24, 2.45) is 0 Å². The first-order valence-electron chi connectivity index (χ1n) is 13.9. The Bertz CT molecular complexity index is 1360. The molecule has 41 heavy (non-hydrogen) atoms. The lowest BCUT2D eigenvalue weighted by Gasteiger charge is -2.40. The molecule has 0 saturated carbocycles. The van der Waals surface area contributed by atoms with Crippen molar-refractivity contribution in [3.05, 3.63) is 82.0 Å². The van der Waals surface area contributed by atoms with Gasteiger partial charge in [-0.2, -0.15) is 0 Å². The number of amides is 2. The zero-order chi connectivity index (χ0) is 28.8. The van der Waals surface area contributed by atoms with Gasteiger partial charge in [-0.05, 0) is 37.5 Å². The number of anilines is 1. The van der Waals surface area contributed by atoms with Crippen molar-refractivity contribution >= 4 is 52.6 Å². The molecule has 2 aromatic carbocycles. The maximum atomic E-state index is 13.1. The normalized spacial score (nSPS) is 18.4. The molecule has 0 aliphatic carbocycles. The second kappa shape index (κ2) is 13.9. The standard InChI is InChI=1S/C30H34Cl2N6O2S/c1-21-18-37(15-16-38(21)29(40)24-9-5-6-10-25(24)31)27-17-26(32)34-30(35-27)41-20-28(39)33-23-11-13-36(14-12-23)19-22-7-3-2-4-8-22/h2-10,17,21,23H,11-16,18-20H2,1H3,(H,33,39). The summed E-state index contributed by atoms with van der Waals surface area (Å²) in [6.45, 7) is 6.60. The molecule has 1 unspecified atom stereocenters. The number of aromatic nitrogens is 2. The Kier molecular flexibility index (Phi) is 10.0. The van der Waals surface area contributed by atoms with Gasteiger partial charge >= 0.3 is 0 Å². The van der Waals surface area contributed by atoms with E-state index in [2.05, 4.69) is 49.4 Å². The van der Waals surface area contributed by atoms with Gasteiger partial charge in [-0.15, -0.1) is 0 Å². The van der Waals surface area contributed by atoms with E-state index >= 15 is 0 Å². The van der Waals surface area contributed by atoms with Crippen molar-refractivity contribution in [2.45, 2.75) is 43.6 Å². The SMILES string of the molecule is CC1CN(c2cc(Cl)nc(SCC(=O)NC3CCN(Cc4ccccc4)CC3)n2)CCN1C(=O)c1ccccc1Cl. The average molecular weight is 614 g/mol. The second-order valence-corrected chi connectivity index (χ2v) is 12.2. The molecule has 1 atom stereocenters. The van der Waals surface area contributed by atoms with Gasteiger partial charge < -0.3 is 15.1 Å². The highest BCUT2D eigenvalue weighted by molar-refractivity contribution is 7.99. The average Bonchev–Trinajstić information content (AvgIpc) is 2.97. The van der Waals surface area contributed by atoms with Gasteiger partial charge in [0.15, 0.2) is 5.16 Å². The summed E-state index contributed by atoms with van der Waals surface area (Å²) in [7, 11) is 0. The van der Waals surface area contributed by atoms with E-state index < -0.39 is 0 Å². The van der Waals surface area contributed by atoms with Crippen LogP contribution in [0.3, 0.4) is 0 Å². The third kappa shape index (κ3) is 7.92. The summed E-state index contributed by atoms with van der Waals surface area (Å²) in [6.07, 6.45) is 1.87. The second-order valence-electron chi connectivity index (χ2n) is 10.5. The van der Waals surface area contributed by atoms with E-state index in [0.29, 0.717) is 46.3 Å². The lowest BCUT2D eigenvalue weighted by atomic mass is 10.0. The molecule has 0 spiro atoms. The van der Waals surface area contributed by atoms with Gasteiger partial charge in [-0.25, -0.2) is 9.97 Å². The molecule has 3 aromatic rings. The van der Waals surface area contributed by atoms with Crippen LogP contribution < -0.4 is 10.2 Å². The molecular formula is C30H34Cl2N6O2S. The van der Waals surface area contributed by atoms with Gasteiger partial charge in [0.05, 0.1) is 16.3 Å². The van der Waals surface area contributed by atoms with E-state index in [1.54, 1.807) is 18.2 Å². The van der Waals surface area contributed by atoms with Gasteiger partial charge in [0.25, 0.3) is 5.91 Å². The fraction of sp³-hybridized carbons (Fsp3) is 0.400. The maximum absolute atomic E-state index is 13.1. The first kappa shape index (κ1) is 29.6. The van der Waals surface area contributed by atoms with Crippen molar-refractivity contribution in [3.63, 3.8) is 0 Å². The Morgan fingerprint density at radius 2 is 1.71 bits per heavy atom. The first-order chi connectivity index (χ1) is 19.9. The number of piperidine rings is 1. The van der Waals surface area contributed by atoms with Crippen LogP contribution in [0, 0.1) is 0 Å². The lowest BCUT2D eigenvalue weighted by Crippen LogP contribution is -2.54. The highest BCUT2D eigenvalue weighted by atomic mass is 35.5. The predicted molar refractivity (Wildman–Crippen MR) is 165 cm³/mol. The Morgan fingerprint density at radius 1 is 0.976 bits per heavy atom. The molecule has 0 bridgehead atoms. The highest BCUT2D eigenvalue weighted by Crippen LogP contribution is 2.26. The summed E-state index contributed by atoms with van der Waals surface area (Å²) in [6, 6.07) is 19.4. The highest BCUT2D eigenvalue weighted by Gasteiger charge is 2.30. The molecule has 1 N–H and O–H groups in total. The number of hydrogen-bond acceptors (Lipinski definition) is 7. The molecule has 11 heteroatoms. The van der Waals surface area contributed by atoms with Gasteiger partial charge in [-0.1, -0.05) is 77.4 Å². The monoisotopic (exact) mass is 612 g/mol. The minimum absolute atomic E-state index is 0.0260. The molecule has 8 nitrogen and oxygen atoms in total. The van der Waals surface area contributed by atoms with Crippen LogP contribution >= 0.6 is 35.0 Å². The number of likely N-dealkylation sites (tertiary alicyclic amines) is 1. The van der Waals surface area contributed by atoms with E-state index in [-0.39, 0.29) is 29.7 Å². The molecule has 3 heterocycles. The topological polar surface area (TPSA) is 81.7 Å². The van der Waals surface area contributed by atoms with E-state index in [4.69, 9.17) is 23.2 Å². The van der Waals surface area contributed by atoms with E-state index in [1.807, 2.05) is 30.0 Å². The van der Waals surface area contributed by atoms with Gasteiger partial charge in [0.2, 0.25) is 5.91 Å². The first-order valence-corrected chi connectivity index (χ1v) is 15.6. The number of hydrogen-bond donors (Lipinski definition) is 1. The summed E-state index contributed by atoms with van der Waals surface area (Å²) in [5, 5.41) is 4.41. The number of piperazine rings is 1. The van der Waals surface area contributed by atoms with Crippen LogP contribution in [-0.2, 0) is 11.3 Å². The van der Waals surface area contributed by atoms with E-state index in [9.17, 15) is 9.59 Å². The number of carbonyl (C=O) groups excluding carboxylic acids is 2. The fourth-order valence-corrected chi connectivity index (χ4v) is 6.45. The number of benzene rings is 2. The largest absolute Gasteiger partial charge is 0.353 e. The predicted octanol–water partition coefficient (Wildman–Crippen LogP) is 5.01. The van der Waals surface area contributed by atoms with Crippen LogP contribution in [0.2, 0.25) is 10.2 Å². The zero-order valence-electron chi connectivity index (χ0n) is 23.0. The summed E-state index contributed by atoms with van der Waals surface area (Å²) in [5.41, 5.74) is 1.82. The van der Waals surface area contributed by atoms with Gasteiger partial charge in [-0.3, -0.25) is 14.5 Å². The molecule has 5 rings (SSSR count). The summed E-state index contributed by atoms with van der Waals surface area (Å²) in [4.78, 5) is 41.2. The van der Waals surface area contributed by atoms with E-state index in [0.717, 1.165) is 32.5 Å². The quantitative estimate of drug-likeness (QED) is 0.218. The van der Waals surface area contributed by atoms with Gasteiger partial charge in [0.1, 0.15) is 11.0 Å². The Hall–Kier alpha value is -2.85. The Morgan fingerprint density at radius 3 is 2.44 bits per heavy atom. The summed E-state index contributed by atoms with van der Waals surface area (Å²) >= 11 is 13.9. The molecule has 2 fully saturated rings. The molecule has 2 aliphatic rings. The maximum Gasteiger partial charge on any atom is 0.255 e. The number of nitrogens with one attached hydrogen (secondary N) is 1. The number of thioether (sulfide) groups is 1. The van der Waals surface area contributed by atoms with Crippen molar-refractivity contribution < 1.29 is 9.59 Å². The van der Waals surface area contributed by atoms with Crippen molar-refractivity contribution in [1.82, 2.24) is 25.1 Å². The van der Waals surface area contributed by atoms with Crippen LogP contribution in [0.25, 0.3) is 0 Å². The summed E-state index contributed by atoms with van der Waals surface area (Å²) in [5.74, 6) is 0.811. The molecule has 2 aliphatic heterocycles. The fourth-order valence-electron chi connectivity index (χ4n) is 5.35. The van der Waals surface area contributed by atoms with Crippen LogP contribution in [0.5, 0.6) is 0 Å². The molecule has 2 amide bonds. The number of halogens is 2. The molecular weight excluding hydrogens is 579 g/mol. The minimum atomic E-state index is -0.0763. The van der Waals surface area contributed by atoms with Crippen molar-refractivity contribution in [3.8, 4) is 0 Å². The van der Waals surface area contributed by atoms with Crippen LogP contribution in [0.15, 0.2) is 65.8 Å². The van der Waals surface area contributed by atoms with E-state index in [1.165, 1.54) is 17.3 Å². The Labute approximate surface area is 255 Å². The summed E-state index contributed by atoms with van der Waals surface area (Å²) < 4.78 is 0. The van der Waals surface area contributed by atoms with Crippen LogP contribution in [-0.4, -0.2) is 82.1 Å². The number of rotatable bonds is 8. The smallest absolute Gasteiger partial charge is 0.255 e. The molecule has 0 radical (unpaired) electrons. The zero-order valence-corrected chi connectivity index (χ0v) is 25.3. The third-order valence-electron chi connectivity index (χ3n) is 7.51. The van der Waals surface area contributed by atoms with Crippen molar-refractivity contribution in [2.75, 3.05) is 43.4 Å². The van der Waals surface area contributed by atoms with Crippen LogP contribution in [0.4, 0.5) is 5.82 Å². The number of nitrogens with zero attached hydrogens (tertiary/aromatic N) is 5. The number of carbonyl (C=O) groups is 2. The molecule has 216 valence electrons. The lowest BCUT2D eigenvalue weighted by molar-refractivity contribution is -0.119. The Balaban J connectivity index is 1.10. The molecule has 1 aromatic heterocycles. The third-order valence-corrected chi connectivity index (χ3v) is 8.88. The molecule has 2 saturated heterocycles. The van der Waals surface area contributed by atoms with Gasteiger partial charge in [0, 0.05) is 57.4 Å².